The molecule has 0 bridgehead atoms. The number of nitrogens with zero attached hydrogens (tertiary/aromatic N) is 1. The van der Waals surface area contributed by atoms with Gasteiger partial charge in [-0.05, 0) is 11.8 Å². The highest BCUT2D eigenvalue weighted by molar-refractivity contribution is 5.72. The normalized spacial score (nSPS) is 29.2. The molecule has 0 radical (unpaired) electrons. The van der Waals surface area contributed by atoms with Gasteiger partial charge in [0.25, 0.3) is 0 Å². The molecule has 1 saturated heterocycles. The molecule has 3 heteroatoms. The molecule has 76 valence electrons. The predicted octanol–water partition coefficient (Wildman–Crippen LogP) is 0.710. The van der Waals surface area contributed by atoms with E-state index in [9.17, 15) is 4.79 Å². The van der Waals surface area contributed by atoms with Gasteiger partial charge in [0.05, 0.1) is 0 Å². The summed E-state index contributed by atoms with van der Waals surface area (Å²) in [6.45, 7) is 10.3. The molecule has 13 heavy (non-hydrogen) atoms. The van der Waals surface area contributed by atoms with E-state index in [0.29, 0.717) is 0 Å². The van der Waals surface area contributed by atoms with Crippen LogP contribution in [0.2, 0.25) is 0 Å². The van der Waals surface area contributed by atoms with Crippen LogP contribution in [-0.2, 0) is 4.79 Å². The third kappa shape index (κ3) is 3.35. The van der Waals surface area contributed by atoms with Gasteiger partial charge in [0.1, 0.15) is 0 Å². The van der Waals surface area contributed by atoms with Crippen molar-refractivity contribution in [2.45, 2.75) is 20.8 Å². The van der Waals surface area contributed by atoms with Crippen LogP contribution >= 0.6 is 0 Å². The van der Waals surface area contributed by atoms with Gasteiger partial charge in [-0.3, -0.25) is 4.79 Å². The Kier molecular flexibility index (Phi) is 3.72. The van der Waals surface area contributed by atoms with Crippen LogP contribution in [-0.4, -0.2) is 37.0 Å². The third-order valence-electron chi connectivity index (χ3n) is 2.87. The molecule has 0 spiro atoms. The van der Waals surface area contributed by atoms with Crippen molar-refractivity contribution >= 4 is 5.91 Å². The minimum Gasteiger partial charge on any atom is -0.355 e. The molecule has 1 rings (SSSR count). The van der Waals surface area contributed by atoms with E-state index in [2.05, 4.69) is 24.1 Å². The Balaban J connectivity index is 2.13. The Bertz CT molecular complexity index is 172. The quantitative estimate of drug-likeness (QED) is 0.700. The van der Waals surface area contributed by atoms with Crippen molar-refractivity contribution in [2.24, 2.45) is 11.8 Å². The zero-order chi connectivity index (χ0) is 9.84. The van der Waals surface area contributed by atoms with Gasteiger partial charge in [-0.1, -0.05) is 13.8 Å². The van der Waals surface area contributed by atoms with Crippen molar-refractivity contribution < 1.29 is 4.79 Å². The fourth-order valence-corrected chi connectivity index (χ4v) is 1.82. The van der Waals surface area contributed by atoms with E-state index >= 15 is 0 Å². The first-order chi connectivity index (χ1) is 6.09. The average Bonchev–Trinajstić information content (AvgIpc) is 2.30. The van der Waals surface area contributed by atoms with Gasteiger partial charge in [-0.25, -0.2) is 0 Å². The number of hydrogen-bond acceptors (Lipinski definition) is 2. The molecule has 2 unspecified atom stereocenters. The van der Waals surface area contributed by atoms with E-state index in [-0.39, 0.29) is 5.91 Å². The molecule has 1 aliphatic rings. The lowest BCUT2D eigenvalue weighted by molar-refractivity contribution is -0.119. The van der Waals surface area contributed by atoms with Crippen LogP contribution in [0.25, 0.3) is 0 Å². The molecule has 0 aliphatic carbocycles. The lowest BCUT2D eigenvalue weighted by Gasteiger charge is -2.14. The van der Waals surface area contributed by atoms with E-state index in [1.165, 1.54) is 13.1 Å². The Hall–Kier alpha value is -0.570. The van der Waals surface area contributed by atoms with E-state index in [0.717, 1.165) is 24.9 Å². The number of hydrogen-bond donors (Lipinski definition) is 1. The molecule has 0 aromatic rings. The first-order valence-electron chi connectivity index (χ1n) is 5.06. The number of likely N-dealkylation sites (tertiary alicyclic amines) is 1. The minimum absolute atomic E-state index is 0.0697. The SMILES string of the molecule is CC(=O)NCCN1CC(C)C(C)C1. The van der Waals surface area contributed by atoms with E-state index in [1.54, 1.807) is 6.92 Å². The second-order valence-electron chi connectivity index (χ2n) is 4.20. The monoisotopic (exact) mass is 184 g/mol. The zero-order valence-electron chi connectivity index (χ0n) is 8.84. The summed E-state index contributed by atoms with van der Waals surface area (Å²) in [6, 6.07) is 0. The van der Waals surface area contributed by atoms with Crippen molar-refractivity contribution in [3.8, 4) is 0 Å². The molecular formula is C10H20N2O. The number of amides is 1. The number of rotatable bonds is 3. The van der Waals surface area contributed by atoms with Crippen LogP contribution in [0.3, 0.4) is 0 Å². The van der Waals surface area contributed by atoms with Gasteiger partial charge in [0.15, 0.2) is 0 Å². The molecule has 1 heterocycles. The number of carbonyl (C=O) groups excluding carboxylic acids is 1. The first-order valence-corrected chi connectivity index (χ1v) is 5.06. The van der Waals surface area contributed by atoms with Crippen LogP contribution in [0.1, 0.15) is 20.8 Å². The van der Waals surface area contributed by atoms with Gasteiger partial charge in [-0.2, -0.15) is 0 Å². The molecule has 1 amide bonds. The van der Waals surface area contributed by atoms with Crippen LogP contribution < -0.4 is 5.32 Å². The maximum absolute atomic E-state index is 10.6. The summed E-state index contributed by atoms with van der Waals surface area (Å²) in [4.78, 5) is 13.0. The maximum Gasteiger partial charge on any atom is 0.216 e. The summed E-state index contributed by atoms with van der Waals surface area (Å²) < 4.78 is 0. The van der Waals surface area contributed by atoms with Crippen LogP contribution in [0.15, 0.2) is 0 Å². The highest BCUT2D eigenvalue weighted by Crippen LogP contribution is 2.21. The zero-order valence-corrected chi connectivity index (χ0v) is 8.84. The van der Waals surface area contributed by atoms with E-state index in [1.807, 2.05) is 0 Å². The molecule has 0 saturated carbocycles. The molecular weight excluding hydrogens is 164 g/mol. The molecule has 0 aromatic heterocycles. The molecule has 0 aromatic carbocycles. The summed E-state index contributed by atoms with van der Waals surface area (Å²) in [5.74, 6) is 1.68. The van der Waals surface area contributed by atoms with Crippen LogP contribution in [0.4, 0.5) is 0 Å². The van der Waals surface area contributed by atoms with Gasteiger partial charge in [-0.15, -0.1) is 0 Å². The highest BCUT2D eigenvalue weighted by Gasteiger charge is 2.25. The van der Waals surface area contributed by atoms with Crippen molar-refractivity contribution in [3.05, 3.63) is 0 Å². The van der Waals surface area contributed by atoms with Crippen molar-refractivity contribution in [2.75, 3.05) is 26.2 Å². The Morgan fingerprint density at radius 3 is 2.38 bits per heavy atom. The average molecular weight is 184 g/mol. The van der Waals surface area contributed by atoms with Crippen molar-refractivity contribution in [3.63, 3.8) is 0 Å². The summed E-state index contributed by atoms with van der Waals surface area (Å²) in [5, 5.41) is 2.82. The second-order valence-corrected chi connectivity index (χ2v) is 4.20. The minimum atomic E-state index is 0.0697. The van der Waals surface area contributed by atoms with Crippen LogP contribution in [0.5, 0.6) is 0 Å². The molecule has 1 fully saturated rings. The largest absolute Gasteiger partial charge is 0.355 e. The third-order valence-corrected chi connectivity index (χ3v) is 2.87. The Labute approximate surface area is 80.5 Å². The summed E-state index contributed by atoms with van der Waals surface area (Å²) in [6.07, 6.45) is 0. The lowest BCUT2D eigenvalue weighted by atomic mass is 10.0. The van der Waals surface area contributed by atoms with Gasteiger partial charge in [0, 0.05) is 33.1 Å². The van der Waals surface area contributed by atoms with Gasteiger partial charge < -0.3 is 10.2 Å². The molecule has 3 nitrogen and oxygen atoms in total. The maximum atomic E-state index is 10.6. The van der Waals surface area contributed by atoms with Gasteiger partial charge in [0.2, 0.25) is 5.91 Å². The Morgan fingerprint density at radius 2 is 1.92 bits per heavy atom. The van der Waals surface area contributed by atoms with Gasteiger partial charge >= 0.3 is 0 Å². The fraction of sp³-hybridized carbons (Fsp3) is 0.900. The predicted molar refractivity (Wildman–Crippen MR) is 53.5 cm³/mol. The summed E-state index contributed by atoms with van der Waals surface area (Å²) in [7, 11) is 0. The number of nitrogens with one attached hydrogen (secondary N) is 1. The first kappa shape index (κ1) is 10.5. The standard InChI is InChI=1S/C10H20N2O/c1-8-6-12(7-9(8)2)5-4-11-10(3)13/h8-9H,4-7H2,1-3H3,(H,11,13). The molecule has 1 aliphatic heterocycles. The van der Waals surface area contributed by atoms with E-state index < -0.39 is 0 Å². The highest BCUT2D eigenvalue weighted by atomic mass is 16.1. The second kappa shape index (κ2) is 4.61. The molecule has 2 atom stereocenters. The number of carbonyl (C=O) groups is 1. The topological polar surface area (TPSA) is 32.3 Å². The van der Waals surface area contributed by atoms with E-state index in [4.69, 9.17) is 0 Å². The Morgan fingerprint density at radius 1 is 1.38 bits per heavy atom. The van der Waals surface area contributed by atoms with Crippen LogP contribution in [0, 0.1) is 11.8 Å². The molecule has 1 N–H and O–H groups in total. The summed E-state index contributed by atoms with van der Waals surface area (Å²) in [5.41, 5.74) is 0. The lowest BCUT2D eigenvalue weighted by Crippen LogP contribution is -2.32. The van der Waals surface area contributed by atoms with Crippen molar-refractivity contribution in [1.29, 1.82) is 0 Å². The fourth-order valence-electron chi connectivity index (χ4n) is 1.82. The summed E-state index contributed by atoms with van der Waals surface area (Å²) >= 11 is 0. The van der Waals surface area contributed by atoms with Crippen molar-refractivity contribution in [1.82, 2.24) is 10.2 Å². The smallest absolute Gasteiger partial charge is 0.216 e.